The number of hydrogen-bond donors (Lipinski definition) is 0. The first kappa shape index (κ1) is 19.9. The summed E-state index contributed by atoms with van der Waals surface area (Å²) in [5.41, 5.74) is 3.14. The molecule has 1 aromatic carbocycles. The van der Waals surface area contributed by atoms with E-state index in [9.17, 15) is 4.39 Å². The first-order chi connectivity index (χ1) is 12.6. The predicted octanol–water partition coefficient (Wildman–Crippen LogP) is 7.79. The number of halogens is 1. The molecule has 1 aromatic rings. The minimum absolute atomic E-state index is 0.0139. The molecule has 0 spiro atoms. The van der Waals surface area contributed by atoms with Gasteiger partial charge >= 0.3 is 0 Å². The maximum absolute atomic E-state index is 14.3. The van der Waals surface area contributed by atoms with Crippen molar-refractivity contribution in [3.63, 3.8) is 0 Å². The van der Waals surface area contributed by atoms with Crippen LogP contribution in [0.5, 0.6) is 0 Å². The van der Waals surface area contributed by atoms with Crippen molar-refractivity contribution in [2.45, 2.75) is 97.8 Å². The van der Waals surface area contributed by atoms with Gasteiger partial charge in [-0.1, -0.05) is 51.5 Å². The van der Waals surface area contributed by atoms with Crippen LogP contribution < -0.4 is 0 Å². The molecule has 0 saturated heterocycles. The molecule has 1 heteroatoms. The fourth-order valence-electron chi connectivity index (χ4n) is 5.92. The Bertz CT molecular complexity index is 537. The van der Waals surface area contributed by atoms with Gasteiger partial charge < -0.3 is 0 Å². The third-order valence-corrected chi connectivity index (χ3v) is 7.51. The molecule has 2 aliphatic rings. The molecule has 0 amide bonds. The van der Waals surface area contributed by atoms with Crippen LogP contribution in [0.1, 0.15) is 94.2 Å². The number of rotatable bonds is 6. The minimum atomic E-state index is 0.0139. The Hall–Kier alpha value is -0.850. The van der Waals surface area contributed by atoms with E-state index in [1.807, 2.05) is 6.92 Å². The summed E-state index contributed by atoms with van der Waals surface area (Å²) in [5, 5.41) is 0. The van der Waals surface area contributed by atoms with Crippen LogP contribution in [0.15, 0.2) is 12.1 Å². The van der Waals surface area contributed by atoms with Crippen LogP contribution >= 0.6 is 0 Å². The highest BCUT2D eigenvalue weighted by molar-refractivity contribution is 5.32. The van der Waals surface area contributed by atoms with Crippen LogP contribution in [-0.2, 0) is 6.42 Å². The molecule has 26 heavy (non-hydrogen) atoms. The van der Waals surface area contributed by atoms with Gasteiger partial charge in [-0.2, -0.15) is 0 Å². The summed E-state index contributed by atoms with van der Waals surface area (Å²) in [7, 11) is 0. The van der Waals surface area contributed by atoms with E-state index in [1.54, 1.807) is 6.07 Å². The summed E-state index contributed by atoms with van der Waals surface area (Å²) in [6, 6.07) is 3.83. The van der Waals surface area contributed by atoms with Gasteiger partial charge in [-0.25, -0.2) is 4.39 Å². The SMILES string of the molecule is CCCC1CCC(C2CCC(CCc3c(C)cc(C)cc3F)CC2)CC1. The smallest absolute Gasteiger partial charge is 0.126 e. The summed E-state index contributed by atoms with van der Waals surface area (Å²) in [6.45, 7) is 6.38. The van der Waals surface area contributed by atoms with Crippen LogP contribution in [0.25, 0.3) is 0 Å². The van der Waals surface area contributed by atoms with Crippen LogP contribution in [-0.4, -0.2) is 0 Å². The number of aryl methyl sites for hydroxylation is 2. The lowest BCUT2D eigenvalue weighted by Crippen LogP contribution is -2.26. The summed E-state index contributed by atoms with van der Waals surface area (Å²) >= 11 is 0. The van der Waals surface area contributed by atoms with E-state index in [1.165, 1.54) is 70.6 Å². The fraction of sp³-hybridized carbons (Fsp3) is 0.760. The number of benzene rings is 1. The van der Waals surface area contributed by atoms with Crippen molar-refractivity contribution >= 4 is 0 Å². The van der Waals surface area contributed by atoms with Crippen LogP contribution in [0, 0.1) is 43.3 Å². The molecular formula is C25H39F. The molecule has 0 aromatic heterocycles. The van der Waals surface area contributed by atoms with E-state index < -0.39 is 0 Å². The molecule has 2 fully saturated rings. The van der Waals surface area contributed by atoms with Crippen molar-refractivity contribution in [3.05, 3.63) is 34.6 Å². The highest BCUT2D eigenvalue weighted by Crippen LogP contribution is 2.43. The molecule has 0 aliphatic heterocycles. The zero-order chi connectivity index (χ0) is 18.5. The molecule has 2 aliphatic carbocycles. The minimum Gasteiger partial charge on any atom is -0.207 e. The van der Waals surface area contributed by atoms with Gasteiger partial charge in [0.15, 0.2) is 0 Å². The molecular weight excluding hydrogens is 319 g/mol. The molecule has 0 atom stereocenters. The molecule has 0 radical (unpaired) electrons. The summed E-state index contributed by atoms with van der Waals surface area (Å²) < 4.78 is 14.3. The maximum atomic E-state index is 14.3. The monoisotopic (exact) mass is 358 g/mol. The summed E-state index contributed by atoms with van der Waals surface area (Å²) in [6.07, 6.45) is 16.5. The lowest BCUT2D eigenvalue weighted by atomic mass is 9.68. The largest absolute Gasteiger partial charge is 0.207 e. The van der Waals surface area contributed by atoms with Crippen molar-refractivity contribution in [2.24, 2.45) is 23.7 Å². The van der Waals surface area contributed by atoms with Gasteiger partial charge in [0.1, 0.15) is 5.82 Å². The first-order valence-electron chi connectivity index (χ1n) is 11.3. The Morgan fingerprint density at radius 1 is 0.808 bits per heavy atom. The second kappa shape index (κ2) is 9.38. The standard InChI is InChI=1S/C25H39F/c1-4-5-20-6-11-22(12-7-20)23-13-8-21(9-14-23)10-15-24-19(3)16-18(2)17-25(24)26/h16-17,20-23H,4-15H2,1-3H3. The highest BCUT2D eigenvalue weighted by Gasteiger charge is 2.30. The van der Waals surface area contributed by atoms with Crippen LogP contribution in [0.3, 0.4) is 0 Å². The van der Waals surface area contributed by atoms with Gasteiger partial charge in [-0.3, -0.25) is 0 Å². The topological polar surface area (TPSA) is 0 Å². The van der Waals surface area contributed by atoms with Crippen molar-refractivity contribution in [1.29, 1.82) is 0 Å². The van der Waals surface area contributed by atoms with Crippen LogP contribution in [0.2, 0.25) is 0 Å². The van der Waals surface area contributed by atoms with Crippen molar-refractivity contribution < 1.29 is 4.39 Å². The normalized spacial score (nSPS) is 29.7. The Kier molecular flexibility index (Phi) is 7.18. The molecule has 2 saturated carbocycles. The Balaban J connectivity index is 1.42. The van der Waals surface area contributed by atoms with Gasteiger partial charge in [0.25, 0.3) is 0 Å². The van der Waals surface area contributed by atoms with E-state index in [4.69, 9.17) is 0 Å². The third kappa shape index (κ3) is 5.11. The molecule has 146 valence electrons. The highest BCUT2D eigenvalue weighted by atomic mass is 19.1. The quantitative estimate of drug-likeness (QED) is 0.487. The second-order valence-corrected chi connectivity index (χ2v) is 9.43. The molecule has 0 heterocycles. The molecule has 0 nitrogen and oxygen atoms in total. The molecule has 0 N–H and O–H groups in total. The van der Waals surface area contributed by atoms with Gasteiger partial charge in [0.2, 0.25) is 0 Å². The summed E-state index contributed by atoms with van der Waals surface area (Å²) in [4.78, 5) is 0. The van der Waals surface area contributed by atoms with Gasteiger partial charge in [-0.15, -0.1) is 0 Å². The molecule has 3 rings (SSSR count). The second-order valence-electron chi connectivity index (χ2n) is 9.43. The first-order valence-corrected chi connectivity index (χ1v) is 11.3. The van der Waals surface area contributed by atoms with Crippen molar-refractivity contribution in [2.75, 3.05) is 0 Å². The lowest BCUT2D eigenvalue weighted by Gasteiger charge is -2.38. The number of hydrogen-bond acceptors (Lipinski definition) is 0. The fourth-order valence-corrected chi connectivity index (χ4v) is 5.92. The van der Waals surface area contributed by atoms with Gasteiger partial charge in [-0.05, 0) is 98.8 Å². The zero-order valence-electron chi connectivity index (χ0n) is 17.3. The Morgan fingerprint density at radius 2 is 1.35 bits per heavy atom. The van der Waals surface area contributed by atoms with E-state index >= 15 is 0 Å². The van der Waals surface area contributed by atoms with Gasteiger partial charge in [0.05, 0.1) is 0 Å². The maximum Gasteiger partial charge on any atom is 0.126 e. The Morgan fingerprint density at radius 3 is 1.85 bits per heavy atom. The zero-order valence-corrected chi connectivity index (χ0v) is 17.3. The average Bonchev–Trinajstić information content (AvgIpc) is 2.62. The van der Waals surface area contributed by atoms with Crippen molar-refractivity contribution in [1.82, 2.24) is 0 Å². The van der Waals surface area contributed by atoms with E-state index in [0.29, 0.717) is 0 Å². The Labute approximate surface area is 161 Å². The summed E-state index contributed by atoms with van der Waals surface area (Å²) in [5.74, 6) is 3.87. The van der Waals surface area contributed by atoms with Crippen molar-refractivity contribution in [3.8, 4) is 0 Å². The van der Waals surface area contributed by atoms with E-state index in [0.717, 1.165) is 46.8 Å². The third-order valence-electron chi connectivity index (χ3n) is 7.51. The van der Waals surface area contributed by atoms with E-state index in [-0.39, 0.29) is 5.82 Å². The molecule has 0 unspecified atom stereocenters. The lowest BCUT2D eigenvalue weighted by molar-refractivity contribution is 0.141. The van der Waals surface area contributed by atoms with E-state index in [2.05, 4.69) is 19.9 Å². The van der Waals surface area contributed by atoms with Gasteiger partial charge in [0, 0.05) is 0 Å². The molecule has 0 bridgehead atoms. The average molecular weight is 359 g/mol. The van der Waals surface area contributed by atoms with Crippen LogP contribution in [0.4, 0.5) is 4.39 Å². The predicted molar refractivity (Wildman–Crippen MR) is 110 cm³/mol.